The zero-order chi connectivity index (χ0) is 15.4. The quantitative estimate of drug-likeness (QED) is 0.392. The van der Waals surface area contributed by atoms with Crippen LogP contribution in [0.15, 0.2) is 47.1 Å². The lowest BCUT2D eigenvalue weighted by molar-refractivity contribution is -0.141. The van der Waals surface area contributed by atoms with E-state index in [-0.39, 0.29) is 18.3 Å². The van der Waals surface area contributed by atoms with Gasteiger partial charge in [-0.2, -0.15) is 0 Å². The standard InChI is InChI=1S/C15H11ClN2O2S2/c16-12-4-2-1-3-10(12)7-20-13(19)8-22-15-11-5-6-21-14(11)17-9-18-15/h1-6,9H,7-8H2. The number of thiophene rings is 1. The maximum Gasteiger partial charge on any atom is 0.316 e. The van der Waals surface area contributed by atoms with Gasteiger partial charge in [0.2, 0.25) is 0 Å². The third-order valence-electron chi connectivity index (χ3n) is 2.90. The van der Waals surface area contributed by atoms with Crippen molar-refractivity contribution in [3.05, 3.63) is 52.6 Å². The molecule has 0 bridgehead atoms. The molecule has 0 unspecified atom stereocenters. The summed E-state index contributed by atoms with van der Waals surface area (Å²) in [7, 11) is 0. The minimum atomic E-state index is -0.299. The normalized spacial score (nSPS) is 10.8. The number of hydrogen-bond acceptors (Lipinski definition) is 6. The monoisotopic (exact) mass is 350 g/mol. The lowest BCUT2D eigenvalue weighted by Crippen LogP contribution is -2.07. The van der Waals surface area contributed by atoms with Crippen LogP contribution >= 0.6 is 34.7 Å². The number of carbonyl (C=O) groups excluding carboxylic acids is 1. The van der Waals surface area contributed by atoms with Crippen LogP contribution in [-0.2, 0) is 16.1 Å². The van der Waals surface area contributed by atoms with Gasteiger partial charge >= 0.3 is 5.97 Å². The highest BCUT2D eigenvalue weighted by atomic mass is 35.5. The lowest BCUT2D eigenvalue weighted by atomic mass is 10.2. The third-order valence-corrected chi connectivity index (χ3v) is 5.07. The number of ether oxygens (including phenoxy) is 1. The van der Waals surface area contributed by atoms with Crippen LogP contribution in [0.1, 0.15) is 5.56 Å². The van der Waals surface area contributed by atoms with Gasteiger partial charge in [0.1, 0.15) is 22.8 Å². The van der Waals surface area contributed by atoms with Crippen molar-refractivity contribution in [3.8, 4) is 0 Å². The Kier molecular flexibility index (Phi) is 4.92. The first-order chi connectivity index (χ1) is 10.7. The molecule has 0 radical (unpaired) electrons. The number of fused-ring (bicyclic) bond motifs is 1. The Balaban J connectivity index is 1.56. The van der Waals surface area contributed by atoms with Gasteiger partial charge in [-0.25, -0.2) is 9.97 Å². The molecule has 2 aromatic heterocycles. The molecule has 0 aliphatic rings. The molecule has 2 heterocycles. The van der Waals surface area contributed by atoms with Gasteiger partial charge in [0, 0.05) is 16.0 Å². The smallest absolute Gasteiger partial charge is 0.316 e. The van der Waals surface area contributed by atoms with E-state index in [0.717, 1.165) is 20.8 Å². The van der Waals surface area contributed by atoms with Crippen molar-refractivity contribution >= 4 is 50.9 Å². The maximum atomic E-state index is 11.8. The second-order valence-corrected chi connectivity index (χ2v) is 6.62. The van der Waals surface area contributed by atoms with Crippen molar-refractivity contribution in [2.45, 2.75) is 11.6 Å². The van der Waals surface area contributed by atoms with Gasteiger partial charge in [-0.1, -0.05) is 41.6 Å². The van der Waals surface area contributed by atoms with Crippen LogP contribution in [0.5, 0.6) is 0 Å². The number of aromatic nitrogens is 2. The summed E-state index contributed by atoms with van der Waals surface area (Å²) in [5, 5.41) is 4.31. The predicted octanol–water partition coefficient (Wildman–Crippen LogP) is 4.18. The minimum absolute atomic E-state index is 0.177. The van der Waals surface area contributed by atoms with Crippen molar-refractivity contribution in [1.29, 1.82) is 0 Å². The van der Waals surface area contributed by atoms with Crippen LogP contribution in [0.4, 0.5) is 0 Å². The van der Waals surface area contributed by atoms with Gasteiger partial charge < -0.3 is 4.74 Å². The van der Waals surface area contributed by atoms with Gasteiger partial charge in [0.15, 0.2) is 0 Å². The summed E-state index contributed by atoms with van der Waals surface area (Å²) in [6.45, 7) is 0.177. The molecule has 0 atom stereocenters. The van der Waals surface area contributed by atoms with Gasteiger partial charge in [-0.15, -0.1) is 11.3 Å². The number of benzene rings is 1. The zero-order valence-corrected chi connectivity index (χ0v) is 13.7. The molecule has 0 spiro atoms. The fraction of sp³-hybridized carbons (Fsp3) is 0.133. The van der Waals surface area contributed by atoms with E-state index >= 15 is 0 Å². The molecular formula is C15H11ClN2O2S2. The molecule has 22 heavy (non-hydrogen) atoms. The molecule has 1 aromatic carbocycles. The largest absolute Gasteiger partial charge is 0.460 e. The van der Waals surface area contributed by atoms with Crippen molar-refractivity contribution in [2.24, 2.45) is 0 Å². The number of carbonyl (C=O) groups is 1. The first kappa shape index (κ1) is 15.3. The first-order valence-electron chi connectivity index (χ1n) is 6.44. The summed E-state index contributed by atoms with van der Waals surface area (Å²) >= 11 is 8.92. The number of hydrogen-bond donors (Lipinski definition) is 0. The van der Waals surface area contributed by atoms with Crippen LogP contribution in [0.2, 0.25) is 5.02 Å². The summed E-state index contributed by atoms with van der Waals surface area (Å²) < 4.78 is 5.24. The van der Waals surface area contributed by atoms with Gasteiger partial charge in [-0.3, -0.25) is 4.79 Å². The highest BCUT2D eigenvalue weighted by molar-refractivity contribution is 8.00. The Morgan fingerprint density at radius 1 is 1.27 bits per heavy atom. The number of nitrogens with zero attached hydrogens (tertiary/aromatic N) is 2. The first-order valence-corrected chi connectivity index (χ1v) is 8.68. The molecule has 112 valence electrons. The van der Waals surface area contributed by atoms with Crippen LogP contribution < -0.4 is 0 Å². The molecule has 4 nitrogen and oxygen atoms in total. The molecule has 0 N–H and O–H groups in total. The van der Waals surface area contributed by atoms with E-state index < -0.39 is 0 Å². The average molecular weight is 351 g/mol. The molecule has 0 fully saturated rings. The molecule has 7 heteroatoms. The topological polar surface area (TPSA) is 52.1 Å². The second kappa shape index (κ2) is 7.09. The second-order valence-electron chi connectivity index (χ2n) is 4.36. The van der Waals surface area contributed by atoms with Crippen molar-refractivity contribution < 1.29 is 9.53 Å². The number of esters is 1. The van der Waals surface area contributed by atoms with Gasteiger partial charge in [0.05, 0.1) is 5.75 Å². The fourth-order valence-corrected chi connectivity index (χ4v) is 3.59. The van der Waals surface area contributed by atoms with Crippen LogP contribution in [0, 0.1) is 0 Å². The number of thioether (sulfide) groups is 1. The van der Waals surface area contributed by atoms with Gasteiger partial charge in [-0.05, 0) is 17.5 Å². The van der Waals surface area contributed by atoms with E-state index in [9.17, 15) is 4.79 Å². The maximum absolute atomic E-state index is 11.8. The molecule has 3 aromatic rings. The van der Waals surface area contributed by atoms with E-state index in [1.807, 2.05) is 29.6 Å². The van der Waals surface area contributed by atoms with Crippen molar-refractivity contribution in [1.82, 2.24) is 9.97 Å². The summed E-state index contributed by atoms with van der Waals surface area (Å²) in [4.78, 5) is 21.2. The molecular weight excluding hydrogens is 340 g/mol. The Morgan fingerprint density at radius 2 is 2.14 bits per heavy atom. The zero-order valence-electron chi connectivity index (χ0n) is 11.4. The van der Waals surface area contributed by atoms with Crippen molar-refractivity contribution in [2.75, 3.05) is 5.75 Å². The van der Waals surface area contributed by atoms with Gasteiger partial charge in [0.25, 0.3) is 0 Å². The summed E-state index contributed by atoms with van der Waals surface area (Å²) in [6, 6.07) is 9.26. The Hall–Kier alpha value is -1.63. The number of rotatable bonds is 5. The summed E-state index contributed by atoms with van der Waals surface area (Å²) in [5.41, 5.74) is 0.796. The van der Waals surface area contributed by atoms with E-state index in [2.05, 4.69) is 9.97 Å². The third kappa shape index (κ3) is 3.58. The van der Waals surface area contributed by atoms with E-state index in [1.54, 1.807) is 17.4 Å². The van der Waals surface area contributed by atoms with E-state index in [0.29, 0.717) is 5.02 Å². The van der Waals surface area contributed by atoms with E-state index in [1.165, 1.54) is 18.1 Å². The van der Waals surface area contributed by atoms with Crippen LogP contribution in [-0.4, -0.2) is 21.7 Å². The van der Waals surface area contributed by atoms with E-state index in [4.69, 9.17) is 16.3 Å². The molecule has 0 aliphatic heterocycles. The highest BCUT2D eigenvalue weighted by Crippen LogP contribution is 2.27. The fourth-order valence-electron chi connectivity index (χ4n) is 1.82. The molecule has 0 aliphatic carbocycles. The Bertz CT molecular complexity index is 807. The summed E-state index contributed by atoms with van der Waals surface area (Å²) in [6.07, 6.45) is 1.51. The van der Waals surface area contributed by atoms with Crippen LogP contribution in [0.3, 0.4) is 0 Å². The molecule has 0 saturated heterocycles. The minimum Gasteiger partial charge on any atom is -0.460 e. The molecule has 0 amide bonds. The lowest BCUT2D eigenvalue weighted by Gasteiger charge is -2.06. The van der Waals surface area contributed by atoms with Crippen LogP contribution in [0.25, 0.3) is 10.2 Å². The van der Waals surface area contributed by atoms with Crippen molar-refractivity contribution in [3.63, 3.8) is 0 Å². The Labute approximate surface area is 140 Å². The summed E-state index contributed by atoms with van der Waals surface area (Å²) in [5.74, 6) is -0.0983. The Morgan fingerprint density at radius 3 is 3.00 bits per heavy atom. The molecule has 3 rings (SSSR count). The predicted molar refractivity (Wildman–Crippen MR) is 89.4 cm³/mol. The highest BCUT2D eigenvalue weighted by Gasteiger charge is 2.10. The molecule has 0 saturated carbocycles. The average Bonchev–Trinajstić information content (AvgIpc) is 3.01. The number of halogens is 1. The SMILES string of the molecule is O=C(CSc1ncnc2sccc12)OCc1ccccc1Cl.